The lowest BCUT2D eigenvalue weighted by atomic mass is 9.93. The van der Waals surface area contributed by atoms with Gasteiger partial charge in [-0.1, -0.05) is 56.3 Å². The molecule has 1 aliphatic heterocycles. The Morgan fingerprint density at radius 1 is 0.958 bits per heavy atom. The number of rotatable bonds is 1. The van der Waals surface area contributed by atoms with Crippen molar-refractivity contribution < 1.29 is 4.79 Å². The molecule has 4 rings (SSSR count). The number of para-hydroxylation sites is 1. The Hall–Kier alpha value is -2.39. The number of hydrogen-bond acceptors (Lipinski definition) is 2. The molecule has 0 aliphatic carbocycles. The summed E-state index contributed by atoms with van der Waals surface area (Å²) in [5.41, 5.74) is 5.60. The van der Waals surface area contributed by atoms with Crippen molar-refractivity contribution in [3.8, 4) is 11.1 Å². The molecular formula is C21H21NOS. The lowest BCUT2D eigenvalue weighted by Crippen LogP contribution is -2.32. The van der Waals surface area contributed by atoms with Crippen molar-refractivity contribution in [2.75, 3.05) is 4.90 Å². The van der Waals surface area contributed by atoms with Crippen molar-refractivity contribution in [2.45, 2.75) is 27.3 Å². The first-order valence-corrected chi connectivity index (χ1v) is 9.17. The van der Waals surface area contributed by atoms with Crippen LogP contribution in [-0.4, -0.2) is 5.91 Å². The molecule has 2 aromatic carbocycles. The number of hydrogen-bond donors (Lipinski definition) is 0. The Morgan fingerprint density at radius 2 is 1.62 bits per heavy atom. The van der Waals surface area contributed by atoms with Crippen LogP contribution in [0.15, 0.2) is 60.0 Å². The smallest absolute Gasteiger partial charge is 0.268 e. The minimum absolute atomic E-state index is 0.0921. The predicted molar refractivity (Wildman–Crippen MR) is 103 cm³/mol. The zero-order chi connectivity index (χ0) is 17.1. The van der Waals surface area contributed by atoms with Crippen LogP contribution < -0.4 is 4.90 Å². The molecule has 1 aliphatic rings. The van der Waals surface area contributed by atoms with Gasteiger partial charge >= 0.3 is 0 Å². The van der Waals surface area contributed by atoms with E-state index in [9.17, 15) is 4.79 Å². The van der Waals surface area contributed by atoms with E-state index < -0.39 is 0 Å². The van der Waals surface area contributed by atoms with Crippen LogP contribution in [0.1, 0.15) is 34.6 Å². The van der Waals surface area contributed by atoms with Crippen LogP contribution in [0.4, 0.5) is 5.69 Å². The number of anilines is 1. The van der Waals surface area contributed by atoms with Gasteiger partial charge in [0.2, 0.25) is 0 Å². The van der Waals surface area contributed by atoms with Crippen molar-refractivity contribution in [3.05, 3.63) is 76.0 Å². The molecule has 0 spiro atoms. The normalized spacial score (nSPS) is 11.9. The molecule has 0 unspecified atom stereocenters. The fourth-order valence-corrected chi connectivity index (χ4v) is 3.88. The fourth-order valence-electron chi connectivity index (χ4n) is 3.01. The summed E-state index contributed by atoms with van der Waals surface area (Å²) in [6, 6.07) is 18.5. The van der Waals surface area contributed by atoms with E-state index in [-0.39, 0.29) is 5.91 Å². The average molecular weight is 335 g/mol. The second kappa shape index (κ2) is 7.02. The Bertz CT molecular complexity index is 866. The molecule has 0 saturated carbocycles. The van der Waals surface area contributed by atoms with Gasteiger partial charge in [0.25, 0.3) is 5.91 Å². The van der Waals surface area contributed by atoms with Crippen LogP contribution in [0.2, 0.25) is 0 Å². The van der Waals surface area contributed by atoms with Crippen LogP contribution >= 0.6 is 11.3 Å². The molecule has 1 amide bonds. The van der Waals surface area contributed by atoms with E-state index in [0.29, 0.717) is 6.54 Å². The minimum Gasteiger partial charge on any atom is -0.303 e. The molecule has 3 aromatic rings. The summed E-state index contributed by atoms with van der Waals surface area (Å²) in [6.45, 7) is 6.62. The Labute approximate surface area is 147 Å². The van der Waals surface area contributed by atoms with Crippen LogP contribution in [0.25, 0.3) is 11.1 Å². The van der Waals surface area contributed by atoms with Crippen LogP contribution in [-0.2, 0) is 6.54 Å². The quantitative estimate of drug-likeness (QED) is 0.541. The van der Waals surface area contributed by atoms with Gasteiger partial charge in [0.05, 0.1) is 17.1 Å². The van der Waals surface area contributed by atoms with Crippen LogP contribution in [0.3, 0.4) is 0 Å². The molecule has 0 saturated heterocycles. The molecule has 24 heavy (non-hydrogen) atoms. The van der Waals surface area contributed by atoms with Gasteiger partial charge in [-0.05, 0) is 41.1 Å². The lowest BCUT2D eigenvalue weighted by molar-refractivity contribution is 0.0988. The van der Waals surface area contributed by atoms with E-state index in [1.54, 1.807) is 0 Å². The third-order valence-corrected chi connectivity index (χ3v) is 5.14. The third kappa shape index (κ3) is 2.76. The minimum atomic E-state index is 0.0921. The second-order valence-corrected chi connectivity index (χ2v) is 6.41. The summed E-state index contributed by atoms with van der Waals surface area (Å²) in [7, 11) is 0. The molecule has 0 radical (unpaired) electrons. The van der Waals surface area contributed by atoms with E-state index in [4.69, 9.17) is 0 Å². The zero-order valence-corrected chi connectivity index (χ0v) is 15.1. The molecule has 0 atom stereocenters. The van der Waals surface area contributed by atoms with Crippen LogP contribution in [0, 0.1) is 6.92 Å². The number of benzene rings is 2. The number of nitrogens with zero attached hydrogens (tertiary/aromatic N) is 1. The maximum Gasteiger partial charge on any atom is 0.268 e. The SMILES string of the molecule is CC.Cc1ccsc1C(=O)N1Cc2ccccc2-c2ccccc21. The van der Waals surface area contributed by atoms with E-state index in [1.165, 1.54) is 22.5 Å². The molecule has 3 heteroatoms. The number of carbonyl (C=O) groups is 1. The zero-order valence-electron chi connectivity index (χ0n) is 14.2. The van der Waals surface area contributed by atoms with Crippen molar-refractivity contribution in [1.29, 1.82) is 0 Å². The molecule has 2 heterocycles. The highest BCUT2D eigenvalue weighted by Crippen LogP contribution is 2.39. The predicted octanol–water partition coefficient (Wildman–Crippen LogP) is 5.91. The topological polar surface area (TPSA) is 20.3 Å². The molecule has 0 fully saturated rings. The summed E-state index contributed by atoms with van der Waals surface area (Å²) in [5, 5.41) is 1.98. The highest BCUT2D eigenvalue weighted by atomic mass is 32.1. The number of thiophene rings is 1. The first-order chi connectivity index (χ1) is 11.8. The summed E-state index contributed by atoms with van der Waals surface area (Å²) < 4.78 is 0. The molecule has 122 valence electrons. The first kappa shape index (κ1) is 16.5. The maximum atomic E-state index is 13.0. The lowest BCUT2D eigenvalue weighted by Gasteiger charge is -2.31. The van der Waals surface area contributed by atoms with Crippen molar-refractivity contribution in [2.24, 2.45) is 0 Å². The van der Waals surface area contributed by atoms with Crippen molar-refractivity contribution in [1.82, 2.24) is 0 Å². The molecule has 2 nitrogen and oxygen atoms in total. The maximum absolute atomic E-state index is 13.0. The van der Waals surface area contributed by atoms with Gasteiger partial charge in [-0.15, -0.1) is 11.3 Å². The Morgan fingerprint density at radius 3 is 2.33 bits per heavy atom. The molecule has 1 aromatic heterocycles. The fraction of sp³-hybridized carbons (Fsp3) is 0.190. The van der Waals surface area contributed by atoms with Gasteiger partial charge < -0.3 is 4.90 Å². The summed E-state index contributed by atoms with van der Waals surface area (Å²) in [6.07, 6.45) is 0. The summed E-state index contributed by atoms with van der Waals surface area (Å²) >= 11 is 1.52. The van der Waals surface area contributed by atoms with Gasteiger partial charge in [0, 0.05) is 5.56 Å². The standard InChI is InChI=1S/C19H15NOS.C2H6/c1-13-10-11-22-18(13)19(21)20-12-14-6-2-3-7-15(14)16-8-4-5-9-17(16)20;1-2/h2-11H,12H2,1H3;1-2H3. The molecule has 0 bridgehead atoms. The second-order valence-electron chi connectivity index (χ2n) is 5.50. The van der Waals surface area contributed by atoms with E-state index >= 15 is 0 Å². The first-order valence-electron chi connectivity index (χ1n) is 8.29. The van der Waals surface area contributed by atoms with Gasteiger partial charge in [-0.2, -0.15) is 0 Å². The number of amides is 1. The van der Waals surface area contributed by atoms with E-state index in [0.717, 1.165) is 21.7 Å². The Balaban J connectivity index is 0.000000815. The Kier molecular flexibility index (Phi) is 4.81. The molecular weight excluding hydrogens is 314 g/mol. The number of carbonyl (C=O) groups excluding carboxylic acids is 1. The van der Waals surface area contributed by atoms with Gasteiger partial charge in [-0.25, -0.2) is 0 Å². The summed E-state index contributed by atoms with van der Waals surface area (Å²) in [5.74, 6) is 0.0921. The monoisotopic (exact) mass is 335 g/mol. The van der Waals surface area contributed by atoms with Crippen molar-refractivity contribution >= 4 is 22.9 Å². The van der Waals surface area contributed by atoms with Crippen LogP contribution in [0.5, 0.6) is 0 Å². The highest BCUT2D eigenvalue weighted by Gasteiger charge is 2.27. The van der Waals surface area contributed by atoms with E-state index in [2.05, 4.69) is 24.3 Å². The third-order valence-electron chi connectivity index (χ3n) is 4.13. The van der Waals surface area contributed by atoms with E-state index in [1.807, 2.05) is 61.4 Å². The summed E-state index contributed by atoms with van der Waals surface area (Å²) in [4.78, 5) is 15.7. The van der Waals surface area contributed by atoms with Gasteiger partial charge in [0.15, 0.2) is 0 Å². The largest absolute Gasteiger partial charge is 0.303 e. The van der Waals surface area contributed by atoms with Gasteiger partial charge in [-0.3, -0.25) is 4.79 Å². The van der Waals surface area contributed by atoms with Gasteiger partial charge in [0.1, 0.15) is 0 Å². The number of fused-ring (bicyclic) bond motifs is 3. The van der Waals surface area contributed by atoms with Crippen molar-refractivity contribution in [3.63, 3.8) is 0 Å². The molecule has 0 N–H and O–H groups in total. The average Bonchev–Trinajstić information content (AvgIpc) is 3.08. The highest BCUT2D eigenvalue weighted by molar-refractivity contribution is 7.12. The number of aryl methyl sites for hydroxylation is 1.